The molecular weight excluding hydrogens is 288 g/mol. The Labute approximate surface area is 107 Å². The van der Waals surface area contributed by atoms with Crippen LogP contribution in [0.1, 0.15) is 5.69 Å². The first-order valence-electron chi connectivity index (χ1n) is 4.77. The van der Waals surface area contributed by atoms with Crippen LogP contribution in [-0.4, -0.2) is 16.9 Å². The van der Waals surface area contributed by atoms with Crippen LogP contribution in [0.4, 0.5) is 0 Å². The van der Waals surface area contributed by atoms with Crippen LogP contribution in [0.2, 0.25) is 0 Å². The van der Waals surface area contributed by atoms with Crippen LogP contribution in [-0.2, 0) is 11.3 Å². The predicted octanol–water partition coefficient (Wildman–Crippen LogP) is 3.44. The SMILES string of the molecule is COCc1cc(=S)n(-c2ccccc2Br)[nH]1. The van der Waals surface area contributed by atoms with E-state index in [1.54, 1.807) is 7.11 Å². The number of nitrogens with zero attached hydrogens (tertiary/aromatic N) is 1. The first-order valence-corrected chi connectivity index (χ1v) is 5.97. The number of aromatic nitrogens is 2. The van der Waals surface area contributed by atoms with Crippen LogP contribution in [0.5, 0.6) is 0 Å². The fraction of sp³-hybridized carbons (Fsp3) is 0.182. The highest BCUT2D eigenvalue weighted by Crippen LogP contribution is 2.20. The number of halogens is 1. The maximum absolute atomic E-state index is 5.28. The minimum Gasteiger partial charge on any atom is -0.378 e. The van der Waals surface area contributed by atoms with Crippen molar-refractivity contribution in [1.29, 1.82) is 0 Å². The lowest BCUT2D eigenvalue weighted by molar-refractivity contribution is 0.181. The normalized spacial score (nSPS) is 10.6. The summed E-state index contributed by atoms with van der Waals surface area (Å²) in [4.78, 5) is 0. The molecule has 0 radical (unpaired) electrons. The van der Waals surface area contributed by atoms with Crippen molar-refractivity contribution >= 4 is 28.1 Å². The van der Waals surface area contributed by atoms with E-state index in [1.165, 1.54) is 0 Å². The number of ether oxygens (including phenoxy) is 1. The van der Waals surface area contributed by atoms with Gasteiger partial charge in [-0.2, -0.15) is 0 Å². The minimum atomic E-state index is 0.529. The standard InChI is InChI=1S/C11H11BrN2OS/c1-15-7-8-6-11(16)14(13-8)10-5-3-2-4-9(10)12/h2-6,13H,7H2,1H3. The number of aromatic amines is 1. The van der Waals surface area contributed by atoms with Gasteiger partial charge in [0.05, 0.1) is 18.0 Å². The molecule has 3 nitrogen and oxygen atoms in total. The Morgan fingerprint density at radius 3 is 2.88 bits per heavy atom. The van der Waals surface area contributed by atoms with Crippen LogP contribution >= 0.6 is 28.1 Å². The van der Waals surface area contributed by atoms with Gasteiger partial charge in [0.25, 0.3) is 0 Å². The molecule has 1 N–H and O–H groups in total. The molecule has 1 heterocycles. The monoisotopic (exact) mass is 298 g/mol. The molecule has 2 rings (SSSR count). The Morgan fingerprint density at radius 1 is 1.44 bits per heavy atom. The Hall–Kier alpha value is -0.910. The summed E-state index contributed by atoms with van der Waals surface area (Å²) in [6.07, 6.45) is 0. The van der Waals surface area contributed by atoms with Crippen molar-refractivity contribution in [2.75, 3.05) is 7.11 Å². The molecule has 16 heavy (non-hydrogen) atoms. The van der Waals surface area contributed by atoms with Crippen molar-refractivity contribution in [2.24, 2.45) is 0 Å². The van der Waals surface area contributed by atoms with Crippen molar-refractivity contribution in [3.8, 4) is 5.69 Å². The van der Waals surface area contributed by atoms with E-state index in [-0.39, 0.29) is 0 Å². The molecule has 84 valence electrons. The summed E-state index contributed by atoms with van der Waals surface area (Å²) in [5.41, 5.74) is 1.96. The van der Waals surface area contributed by atoms with Gasteiger partial charge >= 0.3 is 0 Å². The lowest BCUT2D eigenvalue weighted by atomic mass is 10.3. The van der Waals surface area contributed by atoms with Gasteiger partial charge in [-0.1, -0.05) is 24.4 Å². The molecule has 0 unspecified atom stereocenters. The van der Waals surface area contributed by atoms with E-state index in [9.17, 15) is 0 Å². The van der Waals surface area contributed by atoms with Crippen molar-refractivity contribution in [1.82, 2.24) is 9.78 Å². The van der Waals surface area contributed by atoms with E-state index >= 15 is 0 Å². The van der Waals surface area contributed by atoms with Crippen molar-refractivity contribution < 1.29 is 4.74 Å². The van der Waals surface area contributed by atoms with Crippen LogP contribution in [0.15, 0.2) is 34.8 Å². The van der Waals surface area contributed by atoms with E-state index in [1.807, 2.05) is 35.0 Å². The van der Waals surface area contributed by atoms with Gasteiger partial charge in [-0.25, -0.2) is 4.68 Å². The third-order valence-corrected chi connectivity index (χ3v) is 3.14. The van der Waals surface area contributed by atoms with Crippen LogP contribution in [0, 0.1) is 4.64 Å². The maximum Gasteiger partial charge on any atom is 0.128 e. The number of H-pyrrole nitrogens is 1. The average Bonchev–Trinajstić information content (AvgIpc) is 2.61. The van der Waals surface area contributed by atoms with Gasteiger partial charge in [-0.3, -0.25) is 5.10 Å². The molecule has 1 aromatic carbocycles. The number of benzene rings is 1. The van der Waals surface area contributed by atoms with Crippen molar-refractivity contribution in [3.05, 3.63) is 45.1 Å². The van der Waals surface area contributed by atoms with Gasteiger partial charge < -0.3 is 4.74 Å². The van der Waals surface area contributed by atoms with Gasteiger partial charge in [0.15, 0.2) is 0 Å². The smallest absolute Gasteiger partial charge is 0.128 e. The van der Waals surface area contributed by atoms with Crippen LogP contribution in [0.25, 0.3) is 5.69 Å². The second kappa shape index (κ2) is 4.95. The van der Waals surface area contributed by atoms with E-state index in [0.717, 1.165) is 20.5 Å². The molecule has 0 spiro atoms. The number of rotatable bonds is 3. The predicted molar refractivity (Wildman–Crippen MR) is 69.4 cm³/mol. The third-order valence-electron chi connectivity index (χ3n) is 2.17. The maximum atomic E-state index is 5.28. The summed E-state index contributed by atoms with van der Waals surface area (Å²) in [6.45, 7) is 0.529. The molecule has 0 aliphatic rings. The highest BCUT2D eigenvalue weighted by molar-refractivity contribution is 9.10. The second-order valence-corrected chi connectivity index (χ2v) is 4.61. The van der Waals surface area contributed by atoms with E-state index in [4.69, 9.17) is 17.0 Å². The fourth-order valence-electron chi connectivity index (χ4n) is 1.49. The van der Waals surface area contributed by atoms with Gasteiger partial charge in [0.2, 0.25) is 0 Å². The van der Waals surface area contributed by atoms with Crippen LogP contribution < -0.4 is 0 Å². The van der Waals surface area contributed by atoms with E-state index in [0.29, 0.717) is 6.61 Å². The number of hydrogen-bond acceptors (Lipinski definition) is 2. The first-order chi connectivity index (χ1) is 7.72. The molecule has 0 aliphatic heterocycles. The topological polar surface area (TPSA) is 29.9 Å². The average molecular weight is 299 g/mol. The number of methoxy groups -OCH3 is 1. The summed E-state index contributed by atoms with van der Waals surface area (Å²) in [5, 5.41) is 3.20. The molecule has 5 heteroatoms. The largest absolute Gasteiger partial charge is 0.378 e. The number of para-hydroxylation sites is 1. The first kappa shape index (κ1) is 11.6. The quantitative estimate of drug-likeness (QED) is 0.880. The zero-order chi connectivity index (χ0) is 11.5. The Morgan fingerprint density at radius 2 is 2.19 bits per heavy atom. The molecule has 0 bridgehead atoms. The molecule has 0 aliphatic carbocycles. The van der Waals surface area contributed by atoms with Crippen molar-refractivity contribution in [3.63, 3.8) is 0 Å². The minimum absolute atomic E-state index is 0.529. The molecule has 1 aromatic heterocycles. The third kappa shape index (κ3) is 2.26. The Bertz CT molecular complexity index is 547. The molecular formula is C11H11BrN2OS. The summed E-state index contributed by atoms with van der Waals surface area (Å²) >= 11 is 8.78. The summed E-state index contributed by atoms with van der Waals surface area (Å²) < 4.78 is 8.65. The summed E-state index contributed by atoms with van der Waals surface area (Å²) in [5.74, 6) is 0. The molecule has 0 fully saturated rings. The zero-order valence-corrected chi connectivity index (χ0v) is 11.1. The Kier molecular flexibility index (Phi) is 3.58. The van der Waals surface area contributed by atoms with Gasteiger partial charge in [-0.05, 0) is 34.1 Å². The Balaban J connectivity index is 2.48. The molecule has 2 aromatic rings. The summed E-state index contributed by atoms with van der Waals surface area (Å²) in [7, 11) is 1.66. The molecule has 0 atom stereocenters. The highest BCUT2D eigenvalue weighted by Gasteiger charge is 2.05. The molecule has 0 saturated carbocycles. The molecule has 0 amide bonds. The van der Waals surface area contributed by atoms with E-state index < -0.39 is 0 Å². The molecule has 0 saturated heterocycles. The number of hydrogen-bond donors (Lipinski definition) is 1. The second-order valence-electron chi connectivity index (χ2n) is 3.34. The number of nitrogens with one attached hydrogen (secondary N) is 1. The zero-order valence-electron chi connectivity index (χ0n) is 8.74. The van der Waals surface area contributed by atoms with E-state index in [2.05, 4.69) is 21.0 Å². The van der Waals surface area contributed by atoms with Gasteiger partial charge in [-0.15, -0.1) is 0 Å². The lowest BCUT2D eigenvalue weighted by Gasteiger charge is -2.05. The van der Waals surface area contributed by atoms with Crippen molar-refractivity contribution in [2.45, 2.75) is 6.61 Å². The highest BCUT2D eigenvalue weighted by atomic mass is 79.9. The van der Waals surface area contributed by atoms with Gasteiger partial charge in [0.1, 0.15) is 4.64 Å². The lowest BCUT2D eigenvalue weighted by Crippen LogP contribution is -1.98. The van der Waals surface area contributed by atoms with Gasteiger partial charge in [0, 0.05) is 11.6 Å². The summed E-state index contributed by atoms with van der Waals surface area (Å²) in [6, 6.07) is 9.81. The van der Waals surface area contributed by atoms with Crippen LogP contribution in [0.3, 0.4) is 0 Å². The fourth-order valence-corrected chi connectivity index (χ4v) is 2.23.